The number of hydroxylamine groups is 2. The van der Waals surface area contributed by atoms with E-state index in [-0.39, 0.29) is 28.3 Å². The number of nitrogens with zero attached hydrogens (tertiary/aromatic N) is 1. The Kier molecular flexibility index (Phi) is 10.5. The summed E-state index contributed by atoms with van der Waals surface area (Å²) in [7, 11) is -6.39. The topological polar surface area (TPSA) is 99.2 Å². The van der Waals surface area contributed by atoms with Gasteiger partial charge in [-0.3, -0.25) is 0 Å². The molecule has 4 aromatic carbocycles. The van der Waals surface area contributed by atoms with E-state index < -0.39 is 46.5 Å². The van der Waals surface area contributed by atoms with Crippen LogP contribution in [0.3, 0.4) is 0 Å². The Morgan fingerprint density at radius 1 is 0.804 bits per heavy atom. The second kappa shape index (κ2) is 14.0. The van der Waals surface area contributed by atoms with E-state index in [0.717, 1.165) is 0 Å². The first-order valence-electron chi connectivity index (χ1n) is 13.9. The molecule has 0 aliphatic rings. The molecule has 1 unspecified atom stereocenters. The summed E-state index contributed by atoms with van der Waals surface area (Å²) >= 11 is 0. The molecule has 4 aromatic rings. The van der Waals surface area contributed by atoms with Crippen molar-refractivity contribution in [2.75, 3.05) is 12.8 Å². The summed E-state index contributed by atoms with van der Waals surface area (Å²) in [5.74, 6) is -1.80. The van der Waals surface area contributed by atoms with Crippen molar-refractivity contribution in [1.29, 1.82) is 0 Å². The zero-order valence-corrected chi connectivity index (χ0v) is 26.3. The molecule has 0 fully saturated rings. The second-order valence-corrected chi connectivity index (χ2v) is 16.3. The Balaban J connectivity index is 2.02. The number of rotatable bonds is 13. The third kappa shape index (κ3) is 6.75. The van der Waals surface area contributed by atoms with Crippen molar-refractivity contribution >= 4 is 44.7 Å². The predicted molar refractivity (Wildman–Crippen MR) is 171 cm³/mol. The number of para-hydroxylation sites is 1. The van der Waals surface area contributed by atoms with E-state index in [1.54, 1.807) is 36.4 Å². The monoisotopic (exact) mass is 673 g/mol. The van der Waals surface area contributed by atoms with Crippen molar-refractivity contribution in [3.63, 3.8) is 0 Å². The molecule has 1 atom stereocenters. The molecule has 8 nitrogen and oxygen atoms in total. The molecule has 242 valence electrons. The molecule has 13 heteroatoms. The summed E-state index contributed by atoms with van der Waals surface area (Å²) in [6.45, 7) is -0.943. The van der Waals surface area contributed by atoms with E-state index in [1.165, 1.54) is 97.9 Å². The molecule has 0 radical (unpaired) electrons. The van der Waals surface area contributed by atoms with E-state index in [9.17, 15) is 31.2 Å². The second-order valence-electron chi connectivity index (χ2n) is 10.1. The fourth-order valence-electron chi connectivity index (χ4n) is 5.01. The van der Waals surface area contributed by atoms with Gasteiger partial charge >= 0.3 is 265 Å². The van der Waals surface area contributed by atoms with E-state index in [1.807, 2.05) is 0 Å². The van der Waals surface area contributed by atoms with Gasteiger partial charge in [0, 0.05) is 0 Å². The molecule has 0 bridgehead atoms. The fourth-order valence-corrected chi connectivity index (χ4v) is 12.8. The van der Waals surface area contributed by atoms with Gasteiger partial charge < -0.3 is 0 Å². The summed E-state index contributed by atoms with van der Waals surface area (Å²) in [5.41, 5.74) is -5.86. The number of hydrogen-bond donors (Lipinski definition) is 0. The van der Waals surface area contributed by atoms with Crippen LogP contribution >= 0.6 is 6.83 Å². The number of esters is 1. The van der Waals surface area contributed by atoms with Crippen molar-refractivity contribution in [3.05, 3.63) is 134 Å². The third-order valence-corrected chi connectivity index (χ3v) is 14.8. The first-order chi connectivity index (χ1) is 21.8. The summed E-state index contributed by atoms with van der Waals surface area (Å²) in [4.78, 5) is 33.4. The molecule has 4 rings (SSSR count). The summed E-state index contributed by atoms with van der Waals surface area (Å²) < 4.78 is 80.4. The van der Waals surface area contributed by atoms with Gasteiger partial charge in [-0.25, -0.2) is 0 Å². The van der Waals surface area contributed by atoms with Crippen LogP contribution in [0.5, 0.6) is 5.75 Å². The predicted octanol–water partition coefficient (Wildman–Crippen LogP) is 5.24. The van der Waals surface area contributed by atoms with E-state index in [0.29, 0.717) is 5.06 Å². The van der Waals surface area contributed by atoms with Crippen molar-refractivity contribution in [1.82, 2.24) is 5.06 Å². The molecule has 0 aliphatic carbocycles. The molecule has 1 amide bonds. The molecule has 0 heterocycles. The van der Waals surface area contributed by atoms with E-state index in [2.05, 4.69) is 6.58 Å². The van der Waals surface area contributed by atoms with Gasteiger partial charge in [-0.1, -0.05) is 0 Å². The summed E-state index contributed by atoms with van der Waals surface area (Å²) in [6, 6.07) is 28.8. The van der Waals surface area contributed by atoms with Crippen LogP contribution in [0.1, 0.15) is 6.92 Å². The molecule has 0 saturated heterocycles. The normalized spacial score (nSPS) is 13.5. The number of amides is 1. The van der Waals surface area contributed by atoms with Crippen LogP contribution < -0.4 is 20.7 Å². The number of carbonyl (C=O) groups excluding carboxylic acids is 2. The molecule has 0 aromatic heterocycles. The first-order valence-corrected chi connectivity index (χ1v) is 17.6. The van der Waals surface area contributed by atoms with Crippen LogP contribution in [0.25, 0.3) is 0 Å². The molecular weight excluding hydrogens is 642 g/mol. The van der Waals surface area contributed by atoms with Crippen molar-refractivity contribution in [2.45, 2.75) is 18.5 Å². The van der Waals surface area contributed by atoms with Gasteiger partial charge in [0.05, 0.1) is 0 Å². The standard InChI is InChI=1S/C33H31F3NO7PS/c1-3-24-42-37(26(2)32(39)43-27-16-8-4-9-17-27)31(38)25-45(28-18-10-5-11-19-28,29-20-12-6-13-21-29,30-22-14-7-15-23-30)44-46(40,41)33(34,35)36/h3-23,26H,1,24-25H2,2H3. The average Bonchev–Trinajstić information content (AvgIpc) is 3.05. The fraction of sp³-hybridized carbons (Fsp3) is 0.152. The van der Waals surface area contributed by atoms with Crippen molar-refractivity contribution in [3.8, 4) is 5.75 Å². The summed E-state index contributed by atoms with van der Waals surface area (Å²) in [5, 5.41) is 0.688. The van der Waals surface area contributed by atoms with Gasteiger partial charge in [0.1, 0.15) is 0 Å². The molecule has 0 spiro atoms. The zero-order valence-electron chi connectivity index (χ0n) is 24.6. The van der Waals surface area contributed by atoms with Crippen LogP contribution in [0.15, 0.2) is 134 Å². The molecule has 0 N–H and O–H groups in total. The van der Waals surface area contributed by atoms with Crippen molar-refractivity contribution in [2.24, 2.45) is 0 Å². The van der Waals surface area contributed by atoms with Gasteiger partial charge in [-0.05, 0) is 0 Å². The number of halogens is 3. The van der Waals surface area contributed by atoms with Crippen LogP contribution in [0.2, 0.25) is 0 Å². The van der Waals surface area contributed by atoms with E-state index in [4.69, 9.17) is 13.5 Å². The minimum absolute atomic E-state index is 0.00950. The van der Waals surface area contributed by atoms with Gasteiger partial charge in [-0.15, -0.1) is 0 Å². The van der Waals surface area contributed by atoms with E-state index >= 15 is 0 Å². The Morgan fingerprint density at radius 2 is 1.22 bits per heavy atom. The van der Waals surface area contributed by atoms with Gasteiger partial charge in [0.15, 0.2) is 0 Å². The molecular formula is C33H31F3NO7PS. The van der Waals surface area contributed by atoms with Crippen LogP contribution in [-0.2, 0) is 28.5 Å². The van der Waals surface area contributed by atoms with Crippen LogP contribution in [0, 0.1) is 0 Å². The van der Waals surface area contributed by atoms with Crippen LogP contribution in [-0.4, -0.2) is 49.7 Å². The Hall–Kier alpha value is -4.35. The maximum atomic E-state index is 14.6. The van der Waals surface area contributed by atoms with Gasteiger partial charge in [0.2, 0.25) is 0 Å². The minimum atomic E-state index is -6.39. The molecule has 0 aliphatic heterocycles. The van der Waals surface area contributed by atoms with Gasteiger partial charge in [-0.2, -0.15) is 0 Å². The average molecular weight is 674 g/mol. The van der Waals surface area contributed by atoms with Gasteiger partial charge in [0.25, 0.3) is 0 Å². The molecule has 46 heavy (non-hydrogen) atoms. The first kappa shape index (κ1) is 34.5. The number of ether oxygens (including phenoxy) is 1. The van der Waals surface area contributed by atoms with Crippen molar-refractivity contribution < 1.29 is 44.7 Å². The Bertz CT molecular complexity index is 1660. The summed E-state index contributed by atoms with van der Waals surface area (Å²) in [6.07, 6.45) is 0.310. The third-order valence-electron chi connectivity index (χ3n) is 7.12. The van der Waals surface area contributed by atoms with Crippen LogP contribution in [0.4, 0.5) is 13.2 Å². The Labute approximate surface area is 265 Å². The number of benzene rings is 4. The quantitative estimate of drug-likeness (QED) is 0.0479. The Morgan fingerprint density at radius 3 is 1.61 bits per heavy atom. The molecule has 0 saturated carbocycles. The number of hydrogen-bond acceptors (Lipinski definition) is 7. The SMILES string of the molecule is C=CCON(C(=O)CP(OS(=O)(=O)C(F)(F)F)(c1ccccc1)(c1ccccc1)c1ccccc1)C(C)C(=O)Oc1ccccc1. The zero-order chi connectivity index (χ0) is 33.5. The maximum absolute atomic E-state index is 14.6. The number of alkyl halides is 3. The number of carbonyl (C=O) groups is 2.